The highest BCUT2D eigenvalue weighted by atomic mass is 32.1. The van der Waals surface area contributed by atoms with Crippen LogP contribution < -0.4 is 21.1 Å². The van der Waals surface area contributed by atoms with Gasteiger partial charge in [0.1, 0.15) is 5.75 Å². The second-order valence-electron chi connectivity index (χ2n) is 5.45. The number of anilines is 1. The number of nitrogens with one attached hydrogen (secondary N) is 2. The number of hydrogen-bond donors (Lipinski definition) is 2. The molecule has 0 fully saturated rings. The lowest BCUT2D eigenvalue weighted by atomic mass is 10.3. The van der Waals surface area contributed by atoms with Crippen LogP contribution in [0.1, 0.15) is 0 Å². The first kappa shape index (κ1) is 17.7. The number of aromatic nitrogens is 3. The number of rotatable bonds is 6. The van der Waals surface area contributed by atoms with Crippen LogP contribution in [-0.2, 0) is 13.6 Å². The van der Waals surface area contributed by atoms with Crippen LogP contribution in [0.15, 0.2) is 46.6 Å². The van der Waals surface area contributed by atoms with Gasteiger partial charge in [0.05, 0.1) is 24.2 Å². The van der Waals surface area contributed by atoms with Gasteiger partial charge < -0.3 is 15.4 Å². The molecule has 2 aromatic heterocycles. The van der Waals surface area contributed by atoms with Gasteiger partial charge in [-0.2, -0.15) is 0 Å². The Labute approximate surface area is 154 Å². The van der Waals surface area contributed by atoms with Crippen molar-refractivity contribution in [1.29, 1.82) is 0 Å². The zero-order valence-corrected chi connectivity index (χ0v) is 15.2. The molecule has 3 aromatic rings. The van der Waals surface area contributed by atoms with Gasteiger partial charge in [0.25, 0.3) is 0 Å². The molecule has 3 rings (SSSR count). The molecule has 0 bridgehead atoms. The van der Waals surface area contributed by atoms with Crippen molar-refractivity contribution in [2.45, 2.75) is 6.54 Å². The van der Waals surface area contributed by atoms with Crippen LogP contribution in [0.25, 0.3) is 10.7 Å². The molecule has 1 aromatic carbocycles. The zero-order chi connectivity index (χ0) is 18.5. The van der Waals surface area contributed by atoms with Crippen LogP contribution in [0.4, 0.5) is 10.5 Å². The molecule has 0 saturated carbocycles. The fourth-order valence-electron chi connectivity index (χ4n) is 2.44. The first-order chi connectivity index (χ1) is 12.6. The number of para-hydroxylation sites is 2. The van der Waals surface area contributed by atoms with Crippen molar-refractivity contribution in [3.8, 4) is 16.5 Å². The lowest BCUT2D eigenvalue weighted by molar-refractivity contribution is 0.251. The summed E-state index contributed by atoms with van der Waals surface area (Å²) in [5.41, 5.74) is 0.350. The van der Waals surface area contributed by atoms with E-state index < -0.39 is 0 Å². The highest BCUT2D eigenvalue weighted by Gasteiger charge is 2.13. The quantitative estimate of drug-likeness (QED) is 0.693. The Bertz CT molecular complexity index is 946. The molecule has 0 aliphatic heterocycles. The van der Waals surface area contributed by atoms with Crippen LogP contribution in [0.2, 0.25) is 0 Å². The van der Waals surface area contributed by atoms with E-state index in [1.165, 1.54) is 27.7 Å². The summed E-state index contributed by atoms with van der Waals surface area (Å²) in [4.78, 5) is 25.2. The fourth-order valence-corrected chi connectivity index (χ4v) is 3.19. The summed E-state index contributed by atoms with van der Waals surface area (Å²) in [5, 5.41) is 11.7. The van der Waals surface area contributed by atoms with E-state index in [-0.39, 0.29) is 24.8 Å². The Morgan fingerprint density at radius 2 is 2.08 bits per heavy atom. The number of hydrogen-bond acceptors (Lipinski definition) is 5. The molecule has 0 aliphatic rings. The normalized spacial score (nSPS) is 10.5. The lowest BCUT2D eigenvalue weighted by Crippen LogP contribution is -2.34. The first-order valence-electron chi connectivity index (χ1n) is 7.95. The molecule has 0 radical (unpaired) electrons. The van der Waals surface area contributed by atoms with Gasteiger partial charge in [-0.15, -0.1) is 16.4 Å². The Morgan fingerprint density at radius 3 is 2.81 bits per heavy atom. The molecule has 9 heteroatoms. The standard InChI is InChI=1S/C17H19N5O3S/c1-21-15(14-8-5-11-26-14)20-22(17(21)24)10-9-18-16(23)19-12-6-3-4-7-13(12)25-2/h3-8,11H,9-10H2,1-2H3,(H2,18,19,23). The molecule has 0 saturated heterocycles. The smallest absolute Gasteiger partial charge is 0.346 e. The van der Waals surface area contributed by atoms with Crippen molar-refractivity contribution in [3.63, 3.8) is 0 Å². The Hall–Kier alpha value is -3.07. The van der Waals surface area contributed by atoms with Gasteiger partial charge in [0, 0.05) is 13.6 Å². The van der Waals surface area contributed by atoms with Crippen molar-refractivity contribution in [3.05, 3.63) is 52.3 Å². The second-order valence-corrected chi connectivity index (χ2v) is 6.39. The molecule has 0 spiro atoms. The van der Waals surface area contributed by atoms with Crippen molar-refractivity contribution in [2.24, 2.45) is 7.05 Å². The van der Waals surface area contributed by atoms with Crippen molar-refractivity contribution < 1.29 is 9.53 Å². The summed E-state index contributed by atoms with van der Waals surface area (Å²) in [6.45, 7) is 0.541. The second kappa shape index (κ2) is 7.87. The maximum Gasteiger partial charge on any atom is 0.346 e. The number of benzene rings is 1. The molecular weight excluding hydrogens is 354 g/mol. The molecule has 0 aliphatic carbocycles. The maximum absolute atomic E-state index is 12.3. The third kappa shape index (κ3) is 3.77. The van der Waals surface area contributed by atoms with Crippen molar-refractivity contribution in [2.75, 3.05) is 19.0 Å². The Morgan fingerprint density at radius 1 is 1.27 bits per heavy atom. The van der Waals surface area contributed by atoms with Gasteiger partial charge in [-0.25, -0.2) is 14.3 Å². The molecular formula is C17H19N5O3S. The van der Waals surface area contributed by atoms with Crippen molar-refractivity contribution in [1.82, 2.24) is 19.7 Å². The molecule has 2 amide bonds. The van der Waals surface area contributed by atoms with Crippen molar-refractivity contribution >= 4 is 23.1 Å². The van der Waals surface area contributed by atoms with Crippen LogP contribution in [0, 0.1) is 0 Å². The summed E-state index contributed by atoms with van der Waals surface area (Å²) in [7, 11) is 3.22. The minimum atomic E-state index is -0.378. The average molecular weight is 373 g/mol. The lowest BCUT2D eigenvalue weighted by Gasteiger charge is -2.10. The van der Waals surface area contributed by atoms with Gasteiger partial charge in [-0.1, -0.05) is 18.2 Å². The van der Waals surface area contributed by atoms with Gasteiger partial charge in [-0.3, -0.25) is 4.57 Å². The molecule has 2 N–H and O–H groups in total. The molecule has 26 heavy (non-hydrogen) atoms. The predicted molar refractivity (Wildman–Crippen MR) is 101 cm³/mol. The van der Waals surface area contributed by atoms with Crippen LogP contribution in [0.5, 0.6) is 5.75 Å². The summed E-state index contributed by atoms with van der Waals surface area (Å²) in [6.07, 6.45) is 0. The van der Waals surface area contributed by atoms with Gasteiger partial charge >= 0.3 is 11.7 Å². The summed E-state index contributed by atoms with van der Waals surface area (Å²) in [6, 6.07) is 10.6. The SMILES string of the molecule is COc1ccccc1NC(=O)NCCn1nc(-c2cccs2)n(C)c1=O. The number of amides is 2. The van der Waals surface area contributed by atoms with Crippen LogP contribution in [0.3, 0.4) is 0 Å². The third-order valence-electron chi connectivity index (χ3n) is 3.75. The van der Waals surface area contributed by atoms with E-state index in [0.717, 1.165) is 4.88 Å². The monoisotopic (exact) mass is 373 g/mol. The number of ether oxygens (including phenoxy) is 1. The molecule has 0 unspecified atom stereocenters. The highest BCUT2D eigenvalue weighted by molar-refractivity contribution is 7.13. The van der Waals surface area contributed by atoms with E-state index in [0.29, 0.717) is 17.3 Å². The topological polar surface area (TPSA) is 90.2 Å². The van der Waals surface area contributed by atoms with E-state index in [2.05, 4.69) is 15.7 Å². The number of thiophene rings is 1. The van der Waals surface area contributed by atoms with Gasteiger partial charge in [0.15, 0.2) is 5.82 Å². The number of carbonyl (C=O) groups is 1. The minimum absolute atomic E-state index is 0.222. The average Bonchev–Trinajstić information content (AvgIpc) is 3.26. The van der Waals surface area contributed by atoms with E-state index >= 15 is 0 Å². The number of carbonyl (C=O) groups excluding carboxylic acids is 1. The van der Waals surface area contributed by atoms with E-state index in [4.69, 9.17) is 4.74 Å². The van der Waals surface area contributed by atoms with Gasteiger partial charge in [0.2, 0.25) is 0 Å². The molecule has 8 nitrogen and oxygen atoms in total. The summed E-state index contributed by atoms with van der Waals surface area (Å²) >= 11 is 1.52. The molecule has 2 heterocycles. The maximum atomic E-state index is 12.3. The number of urea groups is 1. The molecule has 136 valence electrons. The highest BCUT2D eigenvalue weighted by Crippen LogP contribution is 2.22. The van der Waals surface area contributed by atoms with Gasteiger partial charge in [-0.05, 0) is 23.6 Å². The van der Waals surface area contributed by atoms with E-state index in [1.807, 2.05) is 23.6 Å². The first-order valence-corrected chi connectivity index (χ1v) is 8.83. The minimum Gasteiger partial charge on any atom is -0.495 e. The number of methoxy groups -OCH3 is 1. The Kier molecular flexibility index (Phi) is 5.37. The van der Waals surface area contributed by atoms with Crippen LogP contribution in [-0.4, -0.2) is 34.0 Å². The number of nitrogens with zero attached hydrogens (tertiary/aromatic N) is 3. The molecule has 0 atom stereocenters. The largest absolute Gasteiger partial charge is 0.495 e. The zero-order valence-electron chi connectivity index (χ0n) is 14.4. The fraction of sp³-hybridized carbons (Fsp3) is 0.235. The Balaban J connectivity index is 1.59. The third-order valence-corrected chi connectivity index (χ3v) is 4.61. The predicted octanol–water partition coefficient (Wildman–Crippen LogP) is 2.14. The van der Waals surface area contributed by atoms with E-state index in [9.17, 15) is 9.59 Å². The summed E-state index contributed by atoms with van der Waals surface area (Å²) < 4.78 is 8.03. The van der Waals surface area contributed by atoms with Crippen LogP contribution >= 0.6 is 11.3 Å². The summed E-state index contributed by atoms with van der Waals surface area (Å²) in [5.74, 6) is 1.19. The van der Waals surface area contributed by atoms with E-state index in [1.54, 1.807) is 25.2 Å².